The average molecular weight is 433 g/mol. The SMILES string of the molecule is CC(C)Oc1ccc(C(C)NCc2cc(Br)c(Br)s2)cc1. The van der Waals surface area contributed by atoms with E-state index in [1.54, 1.807) is 11.3 Å². The number of ether oxygens (including phenoxy) is 1. The van der Waals surface area contributed by atoms with Crippen molar-refractivity contribution in [1.82, 2.24) is 5.32 Å². The number of thiophene rings is 1. The first-order valence-electron chi connectivity index (χ1n) is 6.89. The number of nitrogens with one attached hydrogen (secondary N) is 1. The van der Waals surface area contributed by atoms with Crippen LogP contribution in [0.5, 0.6) is 5.75 Å². The van der Waals surface area contributed by atoms with Crippen molar-refractivity contribution < 1.29 is 4.74 Å². The van der Waals surface area contributed by atoms with Gasteiger partial charge in [-0.1, -0.05) is 12.1 Å². The third-order valence-corrected chi connectivity index (χ3v) is 6.29. The first-order chi connectivity index (χ1) is 9.95. The van der Waals surface area contributed by atoms with Crippen LogP contribution >= 0.6 is 43.2 Å². The van der Waals surface area contributed by atoms with Crippen molar-refractivity contribution in [3.8, 4) is 5.75 Å². The summed E-state index contributed by atoms with van der Waals surface area (Å²) < 4.78 is 7.92. The largest absolute Gasteiger partial charge is 0.491 e. The molecule has 2 rings (SSSR count). The number of benzene rings is 1. The van der Waals surface area contributed by atoms with Gasteiger partial charge in [0.15, 0.2) is 0 Å². The number of halogens is 2. The molecule has 0 saturated carbocycles. The van der Waals surface area contributed by atoms with Crippen molar-refractivity contribution in [2.24, 2.45) is 0 Å². The molecule has 114 valence electrons. The third kappa shape index (κ3) is 5.09. The molecule has 0 aliphatic carbocycles. The fourth-order valence-corrected chi connectivity index (χ4v) is 4.09. The van der Waals surface area contributed by atoms with Gasteiger partial charge in [-0.15, -0.1) is 11.3 Å². The van der Waals surface area contributed by atoms with Crippen molar-refractivity contribution in [2.75, 3.05) is 0 Å². The second kappa shape index (κ2) is 7.77. The summed E-state index contributed by atoms with van der Waals surface area (Å²) >= 11 is 8.79. The first-order valence-corrected chi connectivity index (χ1v) is 9.29. The molecule has 0 radical (unpaired) electrons. The van der Waals surface area contributed by atoms with Gasteiger partial charge in [0, 0.05) is 21.9 Å². The fraction of sp³-hybridized carbons (Fsp3) is 0.375. The molecule has 1 unspecified atom stereocenters. The molecule has 1 aromatic heterocycles. The smallest absolute Gasteiger partial charge is 0.119 e. The van der Waals surface area contributed by atoms with Gasteiger partial charge in [0.25, 0.3) is 0 Å². The van der Waals surface area contributed by atoms with Crippen LogP contribution < -0.4 is 10.1 Å². The Hall–Kier alpha value is -0.360. The van der Waals surface area contributed by atoms with Crippen molar-refractivity contribution in [2.45, 2.75) is 39.5 Å². The highest BCUT2D eigenvalue weighted by atomic mass is 79.9. The van der Waals surface area contributed by atoms with Crippen LogP contribution in [0.1, 0.15) is 37.3 Å². The molecule has 0 saturated heterocycles. The zero-order valence-corrected chi connectivity index (χ0v) is 16.3. The van der Waals surface area contributed by atoms with Crippen LogP contribution in [0, 0.1) is 0 Å². The van der Waals surface area contributed by atoms with Gasteiger partial charge >= 0.3 is 0 Å². The average Bonchev–Trinajstić information content (AvgIpc) is 2.75. The Bertz CT molecular complexity index is 561. The normalized spacial score (nSPS) is 12.7. The van der Waals surface area contributed by atoms with Crippen molar-refractivity contribution in [3.63, 3.8) is 0 Å². The van der Waals surface area contributed by atoms with Crippen molar-refractivity contribution in [3.05, 3.63) is 49.0 Å². The predicted octanol–water partition coefficient (Wildman–Crippen LogP) is 5.91. The van der Waals surface area contributed by atoms with Crippen LogP contribution in [0.15, 0.2) is 38.6 Å². The van der Waals surface area contributed by atoms with E-state index in [2.05, 4.69) is 62.3 Å². The zero-order valence-electron chi connectivity index (χ0n) is 12.3. The summed E-state index contributed by atoms with van der Waals surface area (Å²) in [7, 11) is 0. The summed E-state index contributed by atoms with van der Waals surface area (Å²) in [4.78, 5) is 1.31. The molecular weight excluding hydrogens is 414 g/mol. The Morgan fingerprint density at radius 1 is 1.14 bits per heavy atom. The van der Waals surface area contributed by atoms with E-state index in [1.165, 1.54) is 10.4 Å². The maximum absolute atomic E-state index is 5.66. The van der Waals surface area contributed by atoms with E-state index in [9.17, 15) is 0 Å². The molecule has 0 aliphatic heterocycles. The molecule has 5 heteroatoms. The summed E-state index contributed by atoms with van der Waals surface area (Å²) in [5.41, 5.74) is 1.26. The standard InChI is InChI=1S/C16H19Br2NOS/c1-10(2)20-13-6-4-12(5-7-13)11(3)19-9-14-8-15(17)16(18)21-14/h4-8,10-11,19H,9H2,1-3H3. The quantitative estimate of drug-likeness (QED) is 0.612. The van der Waals surface area contributed by atoms with E-state index >= 15 is 0 Å². The Kier molecular flexibility index (Phi) is 6.29. The van der Waals surface area contributed by atoms with Gasteiger partial charge < -0.3 is 10.1 Å². The van der Waals surface area contributed by atoms with Crippen molar-refractivity contribution >= 4 is 43.2 Å². The fourth-order valence-electron chi connectivity index (χ4n) is 1.96. The van der Waals surface area contributed by atoms with Crippen LogP contribution in [0.3, 0.4) is 0 Å². The molecular formula is C16H19Br2NOS. The van der Waals surface area contributed by atoms with Gasteiger partial charge in [-0.2, -0.15) is 0 Å². The van der Waals surface area contributed by atoms with E-state index in [4.69, 9.17) is 4.74 Å². The molecule has 2 aromatic rings. The van der Waals surface area contributed by atoms with Gasteiger partial charge in [-0.3, -0.25) is 0 Å². The van der Waals surface area contributed by atoms with E-state index in [1.807, 2.05) is 26.0 Å². The molecule has 0 fully saturated rings. The molecule has 0 amide bonds. The second-order valence-corrected chi connectivity index (χ2v) is 8.48. The summed E-state index contributed by atoms with van der Waals surface area (Å²) in [5.74, 6) is 0.923. The van der Waals surface area contributed by atoms with Crippen LogP contribution in [0.2, 0.25) is 0 Å². The minimum atomic E-state index is 0.210. The number of hydrogen-bond acceptors (Lipinski definition) is 3. The van der Waals surface area contributed by atoms with E-state index < -0.39 is 0 Å². The third-order valence-electron chi connectivity index (χ3n) is 3.03. The maximum Gasteiger partial charge on any atom is 0.119 e. The molecule has 0 bridgehead atoms. The highest BCUT2D eigenvalue weighted by Crippen LogP contribution is 2.32. The molecule has 1 atom stereocenters. The summed E-state index contributed by atoms with van der Waals surface area (Å²) in [6.45, 7) is 7.11. The van der Waals surface area contributed by atoms with Gasteiger partial charge in [-0.25, -0.2) is 0 Å². The van der Waals surface area contributed by atoms with Gasteiger partial charge in [0.1, 0.15) is 5.75 Å². The van der Waals surface area contributed by atoms with Crippen LogP contribution in [-0.2, 0) is 6.54 Å². The summed E-state index contributed by atoms with van der Waals surface area (Å²) in [6.07, 6.45) is 0.210. The summed E-state index contributed by atoms with van der Waals surface area (Å²) in [5, 5.41) is 3.54. The lowest BCUT2D eigenvalue weighted by molar-refractivity contribution is 0.242. The van der Waals surface area contributed by atoms with Gasteiger partial charge in [0.05, 0.1) is 9.89 Å². The molecule has 21 heavy (non-hydrogen) atoms. The Labute approximate surface area is 147 Å². The predicted molar refractivity (Wildman–Crippen MR) is 97.2 cm³/mol. The lowest BCUT2D eigenvalue weighted by atomic mass is 10.1. The van der Waals surface area contributed by atoms with Crippen LogP contribution in [0.25, 0.3) is 0 Å². The topological polar surface area (TPSA) is 21.3 Å². The lowest BCUT2D eigenvalue weighted by Crippen LogP contribution is -2.17. The summed E-state index contributed by atoms with van der Waals surface area (Å²) in [6, 6.07) is 10.8. The van der Waals surface area contributed by atoms with Crippen LogP contribution in [0.4, 0.5) is 0 Å². The van der Waals surface area contributed by atoms with E-state index in [-0.39, 0.29) is 6.10 Å². The van der Waals surface area contributed by atoms with Gasteiger partial charge in [0.2, 0.25) is 0 Å². The molecule has 0 aliphatic rings. The highest BCUT2D eigenvalue weighted by Gasteiger charge is 2.08. The minimum absolute atomic E-state index is 0.210. The first kappa shape index (κ1) is 17.0. The highest BCUT2D eigenvalue weighted by molar-refractivity contribution is 9.13. The number of rotatable bonds is 6. The molecule has 1 heterocycles. The zero-order chi connectivity index (χ0) is 15.4. The molecule has 1 aromatic carbocycles. The minimum Gasteiger partial charge on any atom is -0.491 e. The monoisotopic (exact) mass is 431 g/mol. The number of hydrogen-bond donors (Lipinski definition) is 1. The van der Waals surface area contributed by atoms with E-state index in [0.717, 1.165) is 20.6 Å². The molecule has 0 spiro atoms. The Morgan fingerprint density at radius 3 is 2.33 bits per heavy atom. The van der Waals surface area contributed by atoms with Gasteiger partial charge in [-0.05, 0) is 76.4 Å². The van der Waals surface area contributed by atoms with Crippen molar-refractivity contribution in [1.29, 1.82) is 0 Å². The second-order valence-electron chi connectivity index (χ2n) is 5.17. The Morgan fingerprint density at radius 2 is 1.81 bits per heavy atom. The molecule has 2 nitrogen and oxygen atoms in total. The molecule has 1 N–H and O–H groups in total. The Balaban J connectivity index is 1.92. The van der Waals surface area contributed by atoms with E-state index in [0.29, 0.717) is 6.04 Å². The van der Waals surface area contributed by atoms with Crippen LogP contribution in [-0.4, -0.2) is 6.10 Å². The maximum atomic E-state index is 5.66. The lowest BCUT2D eigenvalue weighted by Gasteiger charge is -2.15.